The van der Waals surface area contributed by atoms with E-state index in [2.05, 4.69) is 45.3 Å². The van der Waals surface area contributed by atoms with E-state index in [9.17, 15) is 0 Å². The van der Waals surface area contributed by atoms with Gasteiger partial charge in [0.2, 0.25) is 0 Å². The Bertz CT molecular complexity index is 529. The number of halogens is 1. The van der Waals surface area contributed by atoms with E-state index in [1.165, 1.54) is 0 Å². The average Bonchev–Trinajstić information content (AvgIpc) is 2.89. The summed E-state index contributed by atoms with van der Waals surface area (Å²) in [6.45, 7) is 4.17. The number of aryl methyl sites for hydroxylation is 1. The van der Waals surface area contributed by atoms with Gasteiger partial charge < -0.3 is 4.57 Å². The van der Waals surface area contributed by atoms with Gasteiger partial charge in [-0.15, -0.1) is 0 Å². The molecule has 2 heterocycles. The van der Waals surface area contributed by atoms with Crippen LogP contribution in [0.3, 0.4) is 0 Å². The summed E-state index contributed by atoms with van der Waals surface area (Å²) in [5, 5.41) is 4.37. The second-order valence-corrected chi connectivity index (χ2v) is 5.30. The molecule has 6 nitrogen and oxygen atoms in total. The molecule has 18 heavy (non-hydrogen) atoms. The molecule has 0 aliphatic carbocycles. The topological polar surface area (TPSA) is 73.7 Å². The first-order valence-electron chi connectivity index (χ1n) is 5.71. The normalized spacial score (nSPS) is 13.2. The summed E-state index contributed by atoms with van der Waals surface area (Å²) in [6, 6.07) is 0.104. The maximum Gasteiger partial charge on any atom is 0.106 e. The van der Waals surface area contributed by atoms with Crippen LogP contribution in [-0.2, 0) is 7.05 Å². The molecule has 1 unspecified atom stereocenters. The quantitative estimate of drug-likeness (QED) is 0.663. The number of nitrogens with one attached hydrogen (secondary N) is 1. The number of hydrogen-bond donors (Lipinski definition) is 2. The fourth-order valence-corrected chi connectivity index (χ4v) is 2.48. The number of rotatable bonds is 4. The maximum absolute atomic E-state index is 5.71. The number of hydrogen-bond acceptors (Lipinski definition) is 4. The van der Waals surface area contributed by atoms with Crippen LogP contribution in [0, 0.1) is 0 Å². The van der Waals surface area contributed by atoms with Crippen molar-refractivity contribution in [3.63, 3.8) is 0 Å². The van der Waals surface area contributed by atoms with Crippen LogP contribution in [0.15, 0.2) is 23.2 Å². The summed E-state index contributed by atoms with van der Waals surface area (Å²) in [5.74, 6) is 5.71. The van der Waals surface area contributed by atoms with Gasteiger partial charge in [0.05, 0.1) is 34.6 Å². The van der Waals surface area contributed by atoms with E-state index >= 15 is 0 Å². The van der Waals surface area contributed by atoms with Gasteiger partial charge in [0.15, 0.2) is 0 Å². The Balaban J connectivity index is 2.52. The van der Waals surface area contributed by atoms with Crippen LogP contribution in [0.2, 0.25) is 0 Å². The van der Waals surface area contributed by atoms with Crippen molar-refractivity contribution in [2.45, 2.75) is 25.9 Å². The molecule has 98 valence electrons. The lowest BCUT2D eigenvalue weighted by molar-refractivity contribution is 0.467. The van der Waals surface area contributed by atoms with Gasteiger partial charge >= 0.3 is 0 Å². The van der Waals surface area contributed by atoms with Gasteiger partial charge in [-0.1, -0.05) is 0 Å². The van der Waals surface area contributed by atoms with E-state index in [-0.39, 0.29) is 12.1 Å². The largest absolute Gasteiger partial charge is 0.336 e. The first-order valence-corrected chi connectivity index (χ1v) is 6.50. The Morgan fingerprint density at radius 3 is 2.61 bits per heavy atom. The van der Waals surface area contributed by atoms with Crippen molar-refractivity contribution >= 4 is 15.9 Å². The third kappa shape index (κ3) is 2.21. The summed E-state index contributed by atoms with van der Waals surface area (Å²) < 4.78 is 4.82. The molecule has 0 amide bonds. The fraction of sp³-hybridized carbons (Fsp3) is 0.455. The van der Waals surface area contributed by atoms with E-state index in [4.69, 9.17) is 5.84 Å². The number of nitrogens with zero attached hydrogens (tertiary/aromatic N) is 4. The van der Waals surface area contributed by atoms with Gasteiger partial charge in [0, 0.05) is 13.1 Å². The average molecular weight is 313 g/mol. The molecule has 2 aromatic heterocycles. The van der Waals surface area contributed by atoms with Crippen LogP contribution in [0.25, 0.3) is 0 Å². The van der Waals surface area contributed by atoms with E-state index in [0.29, 0.717) is 0 Å². The standard InChI is InChI=1S/C11H17BrN6/c1-7(2)18-11(8(12)4-15-18)10(16-13)9-5-14-6-17(9)3/h4-7,10,16H,13H2,1-3H3. The van der Waals surface area contributed by atoms with E-state index in [1.54, 1.807) is 18.7 Å². The first kappa shape index (κ1) is 13.3. The SMILES string of the molecule is CC(C)n1ncc(Br)c1C(NN)c1cncn1C. The third-order valence-corrected chi connectivity index (χ3v) is 3.48. The maximum atomic E-state index is 5.71. The van der Waals surface area contributed by atoms with Gasteiger partial charge in [-0.25, -0.2) is 10.4 Å². The predicted octanol–water partition coefficient (Wildman–Crippen LogP) is 1.51. The predicted molar refractivity (Wildman–Crippen MR) is 72.7 cm³/mol. The van der Waals surface area contributed by atoms with Crippen LogP contribution in [-0.4, -0.2) is 19.3 Å². The Morgan fingerprint density at radius 2 is 2.11 bits per heavy atom. The monoisotopic (exact) mass is 312 g/mol. The van der Waals surface area contributed by atoms with Gasteiger partial charge in [0.25, 0.3) is 0 Å². The van der Waals surface area contributed by atoms with Crippen LogP contribution in [0.4, 0.5) is 0 Å². The van der Waals surface area contributed by atoms with Crippen LogP contribution >= 0.6 is 15.9 Å². The van der Waals surface area contributed by atoms with Crippen LogP contribution < -0.4 is 11.3 Å². The van der Waals surface area contributed by atoms with Gasteiger partial charge in [-0.05, 0) is 29.8 Å². The molecule has 0 aliphatic heterocycles. The van der Waals surface area contributed by atoms with Gasteiger partial charge in [0.1, 0.15) is 6.04 Å². The first-order chi connectivity index (χ1) is 8.56. The highest BCUT2D eigenvalue weighted by molar-refractivity contribution is 9.10. The summed E-state index contributed by atoms with van der Waals surface area (Å²) >= 11 is 3.53. The van der Waals surface area contributed by atoms with E-state index in [1.807, 2.05) is 16.3 Å². The Labute approximate surface area is 114 Å². The zero-order valence-corrected chi connectivity index (χ0v) is 12.2. The molecule has 2 rings (SSSR count). The van der Waals surface area contributed by atoms with Crippen LogP contribution in [0.1, 0.15) is 37.3 Å². The molecule has 7 heteroatoms. The number of nitrogens with two attached hydrogens (primary N) is 1. The zero-order valence-electron chi connectivity index (χ0n) is 10.6. The minimum absolute atomic E-state index is 0.156. The second kappa shape index (κ2) is 5.21. The van der Waals surface area contributed by atoms with Gasteiger partial charge in [-0.3, -0.25) is 10.5 Å². The van der Waals surface area contributed by atoms with Crippen molar-refractivity contribution in [2.75, 3.05) is 0 Å². The highest BCUT2D eigenvalue weighted by Gasteiger charge is 2.24. The summed E-state index contributed by atoms with van der Waals surface area (Å²) in [6.07, 6.45) is 5.34. The summed E-state index contributed by atoms with van der Waals surface area (Å²) in [4.78, 5) is 4.13. The number of imidazole rings is 1. The highest BCUT2D eigenvalue weighted by Crippen LogP contribution is 2.29. The third-order valence-electron chi connectivity index (χ3n) is 2.87. The van der Waals surface area contributed by atoms with Crippen molar-refractivity contribution < 1.29 is 0 Å². The van der Waals surface area contributed by atoms with Gasteiger partial charge in [-0.2, -0.15) is 5.10 Å². The van der Waals surface area contributed by atoms with Crippen molar-refractivity contribution in [3.8, 4) is 0 Å². The molecule has 3 N–H and O–H groups in total. The lowest BCUT2D eigenvalue weighted by atomic mass is 10.1. The molecule has 1 atom stereocenters. The zero-order chi connectivity index (χ0) is 13.3. The molecule has 2 aromatic rings. The van der Waals surface area contributed by atoms with E-state index < -0.39 is 0 Å². The highest BCUT2D eigenvalue weighted by atomic mass is 79.9. The molecule has 0 radical (unpaired) electrons. The van der Waals surface area contributed by atoms with Crippen molar-refractivity contribution in [3.05, 3.63) is 34.6 Å². The Hall–Kier alpha value is -1.18. The summed E-state index contributed by atoms with van der Waals surface area (Å²) in [7, 11) is 1.94. The molecular weight excluding hydrogens is 296 g/mol. The molecule has 0 spiro atoms. The lowest BCUT2D eigenvalue weighted by Gasteiger charge is -2.20. The summed E-state index contributed by atoms with van der Waals surface area (Å²) in [5.41, 5.74) is 4.82. The number of hydrazine groups is 1. The molecular formula is C11H17BrN6. The lowest BCUT2D eigenvalue weighted by Crippen LogP contribution is -2.32. The molecule has 0 fully saturated rings. The Kier molecular flexibility index (Phi) is 3.84. The second-order valence-electron chi connectivity index (χ2n) is 4.45. The molecule has 0 aliphatic rings. The molecule has 0 saturated heterocycles. The minimum Gasteiger partial charge on any atom is -0.336 e. The molecule has 0 saturated carbocycles. The smallest absolute Gasteiger partial charge is 0.106 e. The Morgan fingerprint density at radius 1 is 1.39 bits per heavy atom. The molecule has 0 bridgehead atoms. The fourth-order valence-electron chi connectivity index (χ4n) is 1.98. The number of aromatic nitrogens is 4. The molecule has 0 aromatic carbocycles. The van der Waals surface area contributed by atoms with Crippen LogP contribution in [0.5, 0.6) is 0 Å². The van der Waals surface area contributed by atoms with E-state index in [0.717, 1.165) is 15.9 Å². The van der Waals surface area contributed by atoms with Crippen molar-refractivity contribution in [1.29, 1.82) is 0 Å². The van der Waals surface area contributed by atoms with Crippen molar-refractivity contribution in [1.82, 2.24) is 24.8 Å². The van der Waals surface area contributed by atoms with Crippen molar-refractivity contribution in [2.24, 2.45) is 12.9 Å². The minimum atomic E-state index is -0.156.